The van der Waals surface area contributed by atoms with Gasteiger partial charge in [-0.15, -0.1) is 5.10 Å². The van der Waals surface area contributed by atoms with Gasteiger partial charge in [0, 0.05) is 66.3 Å². The minimum Gasteiger partial charge on any atom is -0.493 e. The molecule has 2 atom stereocenters. The van der Waals surface area contributed by atoms with Crippen molar-refractivity contribution in [3.8, 4) is 17.2 Å². The van der Waals surface area contributed by atoms with Crippen LogP contribution in [0.3, 0.4) is 0 Å². The van der Waals surface area contributed by atoms with E-state index in [0.29, 0.717) is 119 Å². The van der Waals surface area contributed by atoms with Crippen LogP contribution in [0.15, 0.2) is 62.9 Å². The molecule has 26 nitrogen and oxygen atoms in total. The van der Waals surface area contributed by atoms with Gasteiger partial charge in [0.15, 0.2) is 5.96 Å². The number of aliphatic imine (C=N–C) groups is 1. The van der Waals surface area contributed by atoms with Crippen LogP contribution in [-0.4, -0.2) is 146 Å². The van der Waals surface area contributed by atoms with Crippen molar-refractivity contribution >= 4 is 52.7 Å². The minimum atomic E-state index is -1.03. The van der Waals surface area contributed by atoms with Gasteiger partial charge >= 0.3 is 5.63 Å². The highest BCUT2D eigenvalue weighted by molar-refractivity contribution is 5.99. The molecule has 3 aromatic heterocycles. The van der Waals surface area contributed by atoms with E-state index in [4.69, 9.17) is 50.0 Å². The summed E-state index contributed by atoms with van der Waals surface area (Å²) in [4.78, 5) is 79.6. The molecule has 3 heterocycles. The van der Waals surface area contributed by atoms with Crippen LogP contribution in [0.4, 0.5) is 5.69 Å². The monoisotopic (exact) mass is 1100 g/mol. The van der Waals surface area contributed by atoms with Gasteiger partial charge in [0.25, 0.3) is 6.47 Å². The van der Waals surface area contributed by atoms with Gasteiger partial charge in [-0.1, -0.05) is 5.21 Å². The van der Waals surface area contributed by atoms with Gasteiger partial charge < -0.3 is 71.3 Å². The standard InChI is InChI=1S/C53H75N13O13/c1-35-27-50(70)79-47-28-38(13-14-43(35)47)59-52(72)46(11-4-5-16-54)61-49(69)32-58-51(71)45(12-6-17-57-53(55)56)60-48(68)15-21-73-23-25-75-26-24-74-22-18-66-33-39(64-65-66)9-7-19-76-40-29-41(31-42(30-40)78-34-67)77-20-8-10-44-36(2)62-63-37(44)3/h13-14,27-31,33-34,45-46H,4-12,15-26,32,54H2,1-3H3,(H,58,71)(H,59,72)(H,60,68)(H,61,69)(H,62,63)(H4,55,56,57). The molecule has 0 saturated carbocycles. The fraction of sp³-hybridized carbons (Fsp3) is 0.509. The number of carbonyl (C=O) groups is 5. The van der Waals surface area contributed by atoms with E-state index in [1.807, 2.05) is 20.0 Å². The predicted molar refractivity (Wildman–Crippen MR) is 291 cm³/mol. The Balaban J connectivity index is 0.927. The lowest BCUT2D eigenvalue weighted by Gasteiger charge is -2.20. The maximum absolute atomic E-state index is 13.4. The molecule has 2 unspecified atom stereocenters. The molecule has 5 aromatic rings. The Bertz CT molecular complexity index is 2790. The lowest BCUT2D eigenvalue weighted by Crippen LogP contribution is -2.51. The Kier molecular flexibility index (Phi) is 26.7. The van der Waals surface area contributed by atoms with Crippen LogP contribution in [0.1, 0.15) is 79.6 Å². The SMILES string of the molecule is Cc1n[nH]c(C)c1CCCOc1cc(OC=O)cc(OCCCc2cn(CCOCCOCCOCCC(=O)NC(CCCN=C(N)N)C(=O)NCC(=O)NC(CCCCN)C(=O)Nc3ccc4c(C)cc(=O)oc4c3)nn2)c1. The number of unbranched alkanes of at least 4 members (excludes halogenated alkanes) is 1. The summed E-state index contributed by atoms with van der Waals surface area (Å²) in [7, 11) is 0. The number of nitrogens with zero attached hydrogens (tertiary/aromatic N) is 5. The zero-order valence-corrected chi connectivity index (χ0v) is 45.2. The fourth-order valence-corrected chi connectivity index (χ4v) is 8.06. The number of guanidine groups is 1. The first kappa shape index (κ1) is 61.9. The summed E-state index contributed by atoms with van der Waals surface area (Å²) in [5.41, 5.74) is 21.4. The molecule has 4 amide bonds. The van der Waals surface area contributed by atoms with Crippen molar-refractivity contribution in [3.63, 3.8) is 0 Å². The molecule has 430 valence electrons. The molecule has 0 spiro atoms. The number of amides is 4. The second kappa shape index (κ2) is 34.1. The van der Waals surface area contributed by atoms with E-state index in [9.17, 15) is 28.8 Å². The van der Waals surface area contributed by atoms with E-state index < -0.39 is 47.9 Å². The highest BCUT2D eigenvalue weighted by Gasteiger charge is 2.24. The van der Waals surface area contributed by atoms with Gasteiger partial charge in [-0.05, 0) is 108 Å². The summed E-state index contributed by atoms with van der Waals surface area (Å²) in [5, 5.41) is 27.0. The smallest absolute Gasteiger partial charge is 0.336 e. The number of fused-ring (bicyclic) bond motifs is 1. The minimum absolute atomic E-state index is 0.0549. The highest BCUT2D eigenvalue weighted by atomic mass is 16.5. The van der Waals surface area contributed by atoms with Crippen LogP contribution in [-0.2, 0) is 57.6 Å². The number of H-pyrrole nitrogens is 1. The van der Waals surface area contributed by atoms with E-state index in [1.165, 1.54) is 17.7 Å². The van der Waals surface area contributed by atoms with Gasteiger partial charge in [0.1, 0.15) is 34.9 Å². The Hall–Kier alpha value is -7.94. The topological polar surface area (TPSA) is 369 Å². The number of aromatic amines is 1. The van der Waals surface area contributed by atoms with Crippen molar-refractivity contribution in [2.75, 3.05) is 77.8 Å². The van der Waals surface area contributed by atoms with E-state index in [0.717, 1.165) is 35.5 Å². The number of aromatic nitrogens is 5. The first-order valence-corrected chi connectivity index (χ1v) is 26.3. The zero-order valence-electron chi connectivity index (χ0n) is 45.2. The highest BCUT2D eigenvalue weighted by Crippen LogP contribution is 2.28. The van der Waals surface area contributed by atoms with E-state index in [1.54, 1.807) is 41.9 Å². The number of anilines is 1. The van der Waals surface area contributed by atoms with Crippen LogP contribution in [0.2, 0.25) is 0 Å². The van der Waals surface area contributed by atoms with Crippen molar-refractivity contribution in [2.24, 2.45) is 22.2 Å². The van der Waals surface area contributed by atoms with Crippen LogP contribution >= 0.6 is 0 Å². The first-order valence-electron chi connectivity index (χ1n) is 26.3. The van der Waals surface area contributed by atoms with Crippen molar-refractivity contribution in [1.29, 1.82) is 0 Å². The van der Waals surface area contributed by atoms with Gasteiger partial charge in [0.2, 0.25) is 23.6 Å². The van der Waals surface area contributed by atoms with Crippen LogP contribution in [0, 0.1) is 20.8 Å². The number of rotatable bonds is 39. The van der Waals surface area contributed by atoms with Crippen LogP contribution < -0.4 is 58.3 Å². The van der Waals surface area contributed by atoms with Crippen molar-refractivity contribution in [3.05, 3.63) is 87.3 Å². The summed E-state index contributed by atoms with van der Waals surface area (Å²) in [6.45, 7) is 9.14. The number of nitrogens with two attached hydrogens (primary N) is 3. The maximum atomic E-state index is 13.4. The Labute approximate surface area is 457 Å². The fourth-order valence-electron chi connectivity index (χ4n) is 8.06. The molecule has 26 heteroatoms. The molecule has 79 heavy (non-hydrogen) atoms. The van der Waals surface area contributed by atoms with Gasteiger partial charge in [-0.2, -0.15) is 5.10 Å². The average Bonchev–Trinajstić information content (AvgIpc) is 4.01. The van der Waals surface area contributed by atoms with Gasteiger partial charge in [-0.3, -0.25) is 34.1 Å². The second-order valence-corrected chi connectivity index (χ2v) is 18.4. The predicted octanol–water partition coefficient (Wildman–Crippen LogP) is 1.94. The first-order chi connectivity index (χ1) is 38.2. The largest absolute Gasteiger partial charge is 0.493 e. The summed E-state index contributed by atoms with van der Waals surface area (Å²) in [5.74, 6) is -0.990. The third-order valence-electron chi connectivity index (χ3n) is 12.1. The molecule has 0 radical (unpaired) electrons. The Morgan fingerprint density at radius 1 is 0.785 bits per heavy atom. The van der Waals surface area contributed by atoms with Crippen LogP contribution in [0.5, 0.6) is 17.2 Å². The van der Waals surface area contributed by atoms with Crippen molar-refractivity contribution in [2.45, 2.75) is 104 Å². The number of carbonyl (C=O) groups excluding carboxylic acids is 5. The van der Waals surface area contributed by atoms with Gasteiger partial charge in [0.05, 0.1) is 77.3 Å². The molecule has 0 fully saturated rings. The third kappa shape index (κ3) is 22.9. The average molecular weight is 1100 g/mol. The lowest BCUT2D eigenvalue weighted by atomic mass is 10.1. The van der Waals surface area contributed by atoms with Crippen molar-refractivity contribution in [1.82, 2.24) is 41.1 Å². The normalized spacial score (nSPS) is 11.8. The summed E-state index contributed by atoms with van der Waals surface area (Å²) < 4.78 is 40.8. The van der Waals surface area contributed by atoms with Crippen molar-refractivity contribution < 1.29 is 56.8 Å². The summed E-state index contributed by atoms with van der Waals surface area (Å²) in [6.07, 6.45) is 6.61. The number of aryl methyl sites for hydroxylation is 4. The van der Waals surface area contributed by atoms with E-state index in [2.05, 4.69) is 46.8 Å². The molecule has 0 aliphatic rings. The molecule has 11 N–H and O–H groups in total. The molecule has 0 aliphatic carbocycles. The van der Waals surface area contributed by atoms with Crippen LogP contribution in [0.25, 0.3) is 11.0 Å². The summed E-state index contributed by atoms with van der Waals surface area (Å²) >= 11 is 0. The molecule has 0 bridgehead atoms. The molecular formula is C53H75N13O13. The molecule has 0 aliphatic heterocycles. The van der Waals surface area contributed by atoms with Gasteiger partial charge in [-0.25, -0.2) is 9.48 Å². The number of hydrogen-bond donors (Lipinski definition) is 8. The van der Waals surface area contributed by atoms with E-state index in [-0.39, 0.29) is 51.6 Å². The Morgan fingerprint density at radius 3 is 2.15 bits per heavy atom. The zero-order chi connectivity index (χ0) is 56.8. The lowest BCUT2D eigenvalue weighted by molar-refractivity contribution is -0.131. The number of ether oxygens (including phenoxy) is 6. The number of benzene rings is 2. The van der Waals surface area contributed by atoms with E-state index >= 15 is 0 Å². The Morgan fingerprint density at radius 2 is 1.46 bits per heavy atom. The number of hydrogen-bond acceptors (Lipinski definition) is 18. The number of nitrogens with one attached hydrogen (secondary N) is 5. The molecule has 0 saturated heterocycles. The molecule has 5 rings (SSSR count). The summed E-state index contributed by atoms with van der Waals surface area (Å²) in [6, 6.07) is 9.32. The molecular weight excluding hydrogens is 1030 g/mol. The third-order valence-corrected chi connectivity index (χ3v) is 12.1. The second-order valence-electron chi connectivity index (χ2n) is 18.4. The molecule has 2 aromatic carbocycles. The quantitative estimate of drug-likeness (QED) is 0.00916. The maximum Gasteiger partial charge on any atom is 0.336 e.